The van der Waals surface area contributed by atoms with Crippen LogP contribution in [0.15, 0.2) is 48.5 Å². The molecule has 0 aliphatic carbocycles. The molecule has 7 heteroatoms. The predicted octanol–water partition coefficient (Wildman–Crippen LogP) is 2.57. The number of hydrogen-bond acceptors (Lipinski definition) is 4. The Hall–Kier alpha value is -2.93. The zero-order chi connectivity index (χ0) is 18.2. The molecule has 2 aromatic carbocycles. The van der Waals surface area contributed by atoms with E-state index in [0.29, 0.717) is 29.1 Å². The highest BCUT2D eigenvalue weighted by atomic mass is 32.1. The summed E-state index contributed by atoms with van der Waals surface area (Å²) in [4.78, 5) is 24.2. The van der Waals surface area contributed by atoms with Crippen molar-refractivity contribution < 1.29 is 14.3 Å². The van der Waals surface area contributed by atoms with Crippen molar-refractivity contribution in [1.29, 1.82) is 0 Å². The first kappa shape index (κ1) is 18.4. The van der Waals surface area contributed by atoms with Crippen LogP contribution in [0.1, 0.15) is 27.6 Å². The molecule has 0 aromatic heterocycles. The SMILES string of the molecule is CCNC(=O)c1cccc(NC(=S)NC(=O)c2ccccc2OC)c1. The van der Waals surface area contributed by atoms with Crippen molar-refractivity contribution in [2.75, 3.05) is 19.0 Å². The van der Waals surface area contributed by atoms with Crippen LogP contribution in [0.25, 0.3) is 0 Å². The molecule has 3 N–H and O–H groups in total. The molecule has 0 aliphatic rings. The molecular weight excluding hydrogens is 338 g/mol. The van der Waals surface area contributed by atoms with Crippen molar-refractivity contribution >= 4 is 34.8 Å². The van der Waals surface area contributed by atoms with Gasteiger partial charge in [-0.15, -0.1) is 0 Å². The number of anilines is 1. The molecular formula is C18H19N3O3S. The number of carbonyl (C=O) groups is 2. The Kier molecular flexibility index (Phi) is 6.47. The third-order valence-corrected chi connectivity index (χ3v) is 3.50. The van der Waals surface area contributed by atoms with Crippen LogP contribution in [0.2, 0.25) is 0 Å². The minimum Gasteiger partial charge on any atom is -0.496 e. The van der Waals surface area contributed by atoms with Crippen molar-refractivity contribution in [3.63, 3.8) is 0 Å². The third-order valence-electron chi connectivity index (χ3n) is 3.30. The van der Waals surface area contributed by atoms with Crippen LogP contribution in [-0.2, 0) is 0 Å². The molecule has 0 heterocycles. The number of hydrogen-bond donors (Lipinski definition) is 3. The van der Waals surface area contributed by atoms with Crippen LogP contribution >= 0.6 is 12.2 Å². The Morgan fingerprint density at radius 3 is 2.56 bits per heavy atom. The molecule has 130 valence electrons. The van der Waals surface area contributed by atoms with Gasteiger partial charge in [-0.3, -0.25) is 14.9 Å². The highest BCUT2D eigenvalue weighted by molar-refractivity contribution is 7.80. The number of benzene rings is 2. The number of ether oxygens (including phenoxy) is 1. The average molecular weight is 357 g/mol. The van der Waals surface area contributed by atoms with E-state index in [9.17, 15) is 9.59 Å². The number of rotatable bonds is 5. The molecule has 0 aliphatic heterocycles. The lowest BCUT2D eigenvalue weighted by atomic mass is 10.2. The fourth-order valence-electron chi connectivity index (χ4n) is 2.17. The molecule has 0 spiro atoms. The first-order valence-electron chi connectivity index (χ1n) is 7.68. The Morgan fingerprint density at radius 2 is 1.84 bits per heavy atom. The maximum atomic E-state index is 12.3. The van der Waals surface area contributed by atoms with Gasteiger partial charge < -0.3 is 15.4 Å². The van der Waals surface area contributed by atoms with Crippen LogP contribution < -0.4 is 20.7 Å². The second-order valence-corrected chi connectivity index (χ2v) is 5.46. The van der Waals surface area contributed by atoms with Crippen LogP contribution in [0.3, 0.4) is 0 Å². The van der Waals surface area contributed by atoms with E-state index in [1.165, 1.54) is 7.11 Å². The van der Waals surface area contributed by atoms with Gasteiger partial charge in [0.05, 0.1) is 12.7 Å². The van der Waals surface area contributed by atoms with Crippen molar-refractivity contribution in [3.8, 4) is 5.75 Å². The number of amides is 2. The standard InChI is InChI=1S/C18H19N3O3S/c1-3-19-16(22)12-7-6-8-13(11-12)20-18(25)21-17(23)14-9-4-5-10-15(14)24-2/h4-11H,3H2,1-2H3,(H,19,22)(H2,20,21,23,25). The van der Waals surface area contributed by atoms with Crippen molar-refractivity contribution in [2.45, 2.75) is 6.92 Å². The summed E-state index contributed by atoms with van der Waals surface area (Å²) in [6, 6.07) is 13.7. The van der Waals surface area contributed by atoms with Crippen molar-refractivity contribution in [1.82, 2.24) is 10.6 Å². The minimum atomic E-state index is -0.380. The molecule has 2 rings (SSSR count). The van der Waals surface area contributed by atoms with Gasteiger partial charge in [0.15, 0.2) is 5.11 Å². The van der Waals surface area contributed by atoms with E-state index in [1.54, 1.807) is 48.5 Å². The van der Waals surface area contributed by atoms with Crippen LogP contribution in [0.4, 0.5) is 5.69 Å². The van der Waals surface area contributed by atoms with E-state index in [1.807, 2.05) is 6.92 Å². The molecule has 2 amide bonds. The summed E-state index contributed by atoms with van der Waals surface area (Å²) < 4.78 is 5.16. The molecule has 0 atom stereocenters. The third kappa shape index (κ3) is 5.02. The zero-order valence-corrected chi connectivity index (χ0v) is 14.8. The summed E-state index contributed by atoms with van der Waals surface area (Å²) in [5, 5.41) is 8.34. The molecule has 0 radical (unpaired) electrons. The van der Waals surface area contributed by atoms with Crippen LogP contribution in [-0.4, -0.2) is 30.6 Å². The molecule has 0 bridgehead atoms. The van der Waals surface area contributed by atoms with E-state index in [4.69, 9.17) is 17.0 Å². The maximum Gasteiger partial charge on any atom is 0.261 e. The lowest BCUT2D eigenvalue weighted by molar-refractivity contribution is 0.0952. The van der Waals surface area contributed by atoms with Crippen LogP contribution in [0.5, 0.6) is 5.75 Å². The monoisotopic (exact) mass is 357 g/mol. The van der Waals surface area contributed by atoms with Crippen molar-refractivity contribution in [2.24, 2.45) is 0 Å². The van der Waals surface area contributed by atoms with Gasteiger partial charge in [0.25, 0.3) is 11.8 Å². The first-order valence-corrected chi connectivity index (χ1v) is 8.09. The molecule has 25 heavy (non-hydrogen) atoms. The lowest BCUT2D eigenvalue weighted by Gasteiger charge is -2.12. The second kappa shape index (κ2) is 8.79. The summed E-state index contributed by atoms with van der Waals surface area (Å²) in [5.74, 6) is -0.0917. The van der Waals surface area contributed by atoms with Gasteiger partial charge in [0, 0.05) is 17.8 Å². The highest BCUT2D eigenvalue weighted by Crippen LogP contribution is 2.17. The minimum absolute atomic E-state index is 0.129. The van der Waals surface area contributed by atoms with E-state index in [0.717, 1.165) is 0 Å². The lowest BCUT2D eigenvalue weighted by Crippen LogP contribution is -2.34. The predicted molar refractivity (Wildman–Crippen MR) is 101 cm³/mol. The number of carbonyl (C=O) groups excluding carboxylic acids is 2. The largest absolute Gasteiger partial charge is 0.496 e. The van der Waals surface area contributed by atoms with Crippen LogP contribution in [0, 0.1) is 0 Å². The van der Waals surface area contributed by atoms with Gasteiger partial charge in [-0.1, -0.05) is 18.2 Å². The Morgan fingerprint density at radius 1 is 1.08 bits per heavy atom. The van der Waals surface area contributed by atoms with Gasteiger partial charge in [-0.05, 0) is 49.5 Å². The topological polar surface area (TPSA) is 79.5 Å². The highest BCUT2D eigenvalue weighted by Gasteiger charge is 2.13. The molecule has 0 saturated heterocycles. The summed E-state index contributed by atoms with van der Waals surface area (Å²) in [6.07, 6.45) is 0. The molecule has 0 unspecified atom stereocenters. The number of methoxy groups -OCH3 is 1. The van der Waals surface area contributed by atoms with Gasteiger partial charge in [-0.2, -0.15) is 0 Å². The quantitative estimate of drug-likeness (QED) is 0.717. The van der Waals surface area contributed by atoms with Gasteiger partial charge in [-0.25, -0.2) is 0 Å². The smallest absolute Gasteiger partial charge is 0.261 e. The number of nitrogens with one attached hydrogen (secondary N) is 3. The summed E-state index contributed by atoms with van der Waals surface area (Å²) in [7, 11) is 1.50. The van der Waals surface area contributed by atoms with Gasteiger partial charge >= 0.3 is 0 Å². The normalized spacial score (nSPS) is 9.84. The Labute approximate surface area is 151 Å². The fraction of sp³-hybridized carbons (Fsp3) is 0.167. The van der Waals surface area contributed by atoms with Crippen molar-refractivity contribution in [3.05, 3.63) is 59.7 Å². The number of para-hydroxylation sites is 1. The Balaban J connectivity index is 2.04. The fourth-order valence-corrected chi connectivity index (χ4v) is 2.38. The summed E-state index contributed by atoms with van der Waals surface area (Å²) in [6.45, 7) is 2.40. The van der Waals surface area contributed by atoms with E-state index < -0.39 is 0 Å². The van der Waals surface area contributed by atoms with E-state index in [2.05, 4.69) is 16.0 Å². The van der Waals surface area contributed by atoms with E-state index >= 15 is 0 Å². The molecule has 6 nitrogen and oxygen atoms in total. The summed E-state index contributed by atoms with van der Waals surface area (Å²) in [5.41, 5.74) is 1.49. The molecule has 0 fully saturated rings. The average Bonchev–Trinajstić information content (AvgIpc) is 2.62. The molecule has 2 aromatic rings. The van der Waals surface area contributed by atoms with Gasteiger partial charge in [0.1, 0.15) is 5.75 Å². The zero-order valence-electron chi connectivity index (χ0n) is 14.0. The molecule has 0 saturated carbocycles. The summed E-state index contributed by atoms with van der Waals surface area (Å²) >= 11 is 5.17. The first-order chi connectivity index (χ1) is 12.0. The second-order valence-electron chi connectivity index (χ2n) is 5.05. The van der Waals surface area contributed by atoms with Gasteiger partial charge in [0.2, 0.25) is 0 Å². The van der Waals surface area contributed by atoms with E-state index in [-0.39, 0.29) is 16.9 Å². The number of thiocarbonyl (C=S) groups is 1. The maximum absolute atomic E-state index is 12.3. The Bertz CT molecular complexity index is 793.